The van der Waals surface area contributed by atoms with E-state index in [1.165, 1.54) is 4.31 Å². The summed E-state index contributed by atoms with van der Waals surface area (Å²) in [6.45, 7) is 1.62. The third-order valence-corrected chi connectivity index (χ3v) is 6.65. The summed E-state index contributed by atoms with van der Waals surface area (Å²) in [4.78, 5) is 0.300. The number of sulfonamides is 1. The van der Waals surface area contributed by atoms with Gasteiger partial charge in [-0.15, -0.1) is 0 Å². The van der Waals surface area contributed by atoms with Crippen LogP contribution in [0.3, 0.4) is 0 Å². The number of aliphatic hydroxyl groups excluding tert-OH is 1. The summed E-state index contributed by atoms with van der Waals surface area (Å²) < 4.78 is 26.8. The molecule has 1 aliphatic heterocycles. The highest BCUT2D eigenvalue weighted by molar-refractivity contribution is 7.99. The zero-order valence-electron chi connectivity index (χ0n) is 12.2. The van der Waals surface area contributed by atoms with Gasteiger partial charge < -0.3 is 5.11 Å². The summed E-state index contributed by atoms with van der Waals surface area (Å²) in [5, 5.41) is 8.72. The maximum atomic E-state index is 12.6. The van der Waals surface area contributed by atoms with Crippen molar-refractivity contribution in [3.8, 4) is 11.8 Å². The van der Waals surface area contributed by atoms with Gasteiger partial charge in [-0.25, -0.2) is 8.42 Å². The van der Waals surface area contributed by atoms with E-state index in [0.29, 0.717) is 4.90 Å². The number of nitrogens with zero attached hydrogens (tertiary/aromatic N) is 1. The van der Waals surface area contributed by atoms with Crippen molar-refractivity contribution in [2.75, 3.05) is 25.2 Å². The van der Waals surface area contributed by atoms with Gasteiger partial charge in [-0.1, -0.05) is 11.8 Å². The monoisotopic (exact) mass is 325 g/mol. The lowest BCUT2D eigenvalue weighted by atomic mass is 10.1. The normalized spacial score (nSPS) is 18.6. The van der Waals surface area contributed by atoms with E-state index in [9.17, 15) is 8.42 Å². The second-order valence-electron chi connectivity index (χ2n) is 4.98. The minimum atomic E-state index is -3.46. The minimum Gasteiger partial charge on any atom is -0.384 e. The van der Waals surface area contributed by atoms with E-state index in [0.717, 1.165) is 29.1 Å². The molecule has 114 valence electrons. The Bertz CT molecular complexity index is 668. The Morgan fingerprint density at radius 3 is 2.81 bits per heavy atom. The molecule has 2 rings (SSSR count). The van der Waals surface area contributed by atoms with Crippen molar-refractivity contribution >= 4 is 21.8 Å². The molecule has 1 N–H and O–H groups in total. The van der Waals surface area contributed by atoms with Gasteiger partial charge in [-0.3, -0.25) is 0 Å². The van der Waals surface area contributed by atoms with Crippen LogP contribution in [0.1, 0.15) is 17.5 Å². The van der Waals surface area contributed by atoms with Crippen LogP contribution in [0.4, 0.5) is 0 Å². The Morgan fingerprint density at radius 2 is 2.24 bits per heavy atom. The first-order valence-corrected chi connectivity index (χ1v) is 9.32. The summed E-state index contributed by atoms with van der Waals surface area (Å²) in [6.07, 6.45) is 0.902. The van der Waals surface area contributed by atoms with Gasteiger partial charge in [0.05, 0.1) is 4.90 Å². The van der Waals surface area contributed by atoms with Crippen molar-refractivity contribution in [1.82, 2.24) is 4.31 Å². The van der Waals surface area contributed by atoms with Crippen LogP contribution in [-0.2, 0) is 10.0 Å². The Morgan fingerprint density at radius 1 is 1.48 bits per heavy atom. The third-order valence-electron chi connectivity index (χ3n) is 3.60. The molecule has 0 aliphatic carbocycles. The molecule has 0 bridgehead atoms. The molecule has 0 amide bonds. The van der Waals surface area contributed by atoms with E-state index in [1.807, 2.05) is 6.92 Å². The van der Waals surface area contributed by atoms with Crippen LogP contribution in [-0.4, -0.2) is 49.0 Å². The first-order chi connectivity index (χ1) is 9.96. The van der Waals surface area contributed by atoms with Crippen LogP contribution in [0.2, 0.25) is 0 Å². The fourth-order valence-corrected chi connectivity index (χ4v) is 5.08. The highest BCUT2D eigenvalue weighted by atomic mass is 32.2. The van der Waals surface area contributed by atoms with E-state index in [2.05, 4.69) is 11.8 Å². The quantitative estimate of drug-likeness (QED) is 0.855. The lowest BCUT2D eigenvalue weighted by Crippen LogP contribution is -2.36. The first-order valence-electron chi connectivity index (χ1n) is 6.73. The van der Waals surface area contributed by atoms with Gasteiger partial charge in [-0.05, 0) is 42.9 Å². The van der Waals surface area contributed by atoms with Crippen molar-refractivity contribution in [1.29, 1.82) is 0 Å². The zero-order valence-corrected chi connectivity index (χ0v) is 13.8. The SMILES string of the molecule is Cc1cc(S(=O)(=O)N(C)C2CCSC2)ccc1C#CCO. The molecule has 1 aliphatic rings. The maximum absolute atomic E-state index is 12.6. The van der Waals surface area contributed by atoms with Crippen molar-refractivity contribution in [2.24, 2.45) is 0 Å². The molecular weight excluding hydrogens is 306 g/mol. The average Bonchev–Trinajstić information content (AvgIpc) is 2.99. The van der Waals surface area contributed by atoms with E-state index < -0.39 is 10.0 Å². The average molecular weight is 325 g/mol. The molecule has 1 fully saturated rings. The van der Waals surface area contributed by atoms with E-state index in [1.54, 1.807) is 37.0 Å². The molecule has 0 spiro atoms. The number of rotatable bonds is 3. The number of thioether (sulfide) groups is 1. The Hall–Kier alpha value is -1.00. The molecule has 0 saturated carbocycles. The van der Waals surface area contributed by atoms with Gasteiger partial charge in [-0.2, -0.15) is 16.1 Å². The minimum absolute atomic E-state index is 0.0779. The van der Waals surface area contributed by atoms with E-state index in [-0.39, 0.29) is 12.6 Å². The second kappa shape index (κ2) is 6.84. The summed E-state index contributed by atoms with van der Waals surface area (Å²) in [5.74, 6) is 7.26. The summed E-state index contributed by atoms with van der Waals surface area (Å²) in [7, 11) is -1.81. The largest absolute Gasteiger partial charge is 0.384 e. The lowest BCUT2D eigenvalue weighted by Gasteiger charge is -2.23. The van der Waals surface area contributed by atoms with Crippen LogP contribution in [0.25, 0.3) is 0 Å². The molecule has 1 aromatic rings. The fraction of sp³-hybridized carbons (Fsp3) is 0.467. The summed E-state index contributed by atoms with van der Waals surface area (Å²) >= 11 is 1.79. The molecule has 6 heteroatoms. The Labute approximate surface area is 130 Å². The molecule has 1 unspecified atom stereocenters. The highest BCUT2D eigenvalue weighted by Crippen LogP contribution is 2.26. The van der Waals surface area contributed by atoms with Crippen LogP contribution in [0.5, 0.6) is 0 Å². The van der Waals surface area contributed by atoms with Crippen LogP contribution < -0.4 is 0 Å². The second-order valence-corrected chi connectivity index (χ2v) is 8.12. The smallest absolute Gasteiger partial charge is 0.243 e. The first kappa shape index (κ1) is 16.4. The molecule has 4 nitrogen and oxygen atoms in total. The number of hydrogen-bond acceptors (Lipinski definition) is 4. The molecule has 1 atom stereocenters. The maximum Gasteiger partial charge on any atom is 0.243 e. The van der Waals surface area contributed by atoms with Crippen molar-refractivity contribution in [2.45, 2.75) is 24.3 Å². The third kappa shape index (κ3) is 3.61. The molecule has 0 radical (unpaired) electrons. The highest BCUT2D eigenvalue weighted by Gasteiger charge is 2.30. The molecule has 0 aromatic heterocycles. The van der Waals surface area contributed by atoms with Gasteiger partial charge in [0, 0.05) is 24.4 Å². The van der Waals surface area contributed by atoms with Crippen molar-refractivity contribution in [3.63, 3.8) is 0 Å². The molecule has 1 heterocycles. The fourth-order valence-electron chi connectivity index (χ4n) is 2.24. The van der Waals surface area contributed by atoms with Crippen LogP contribution >= 0.6 is 11.8 Å². The van der Waals surface area contributed by atoms with Gasteiger partial charge in [0.15, 0.2) is 0 Å². The van der Waals surface area contributed by atoms with Gasteiger partial charge in [0.1, 0.15) is 6.61 Å². The Balaban J connectivity index is 2.30. The van der Waals surface area contributed by atoms with Crippen molar-refractivity contribution < 1.29 is 13.5 Å². The summed E-state index contributed by atoms with van der Waals surface area (Å²) in [6, 6.07) is 5.01. The number of benzene rings is 1. The standard InChI is InChI=1S/C15H19NO3S2/c1-12-10-15(6-5-13(12)4-3-8-17)21(18,19)16(2)14-7-9-20-11-14/h5-6,10,14,17H,7-9,11H2,1-2H3. The number of hydrogen-bond donors (Lipinski definition) is 1. The Kier molecular flexibility index (Phi) is 5.33. The van der Waals surface area contributed by atoms with Crippen LogP contribution in [0, 0.1) is 18.8 Å². The van der Waals surface area contributed by atoms with Gasteiger partial charge in [0.2, 0.25) is 10.0 Å². The lowest BCUT2D eigenvalue weighted by molar-refractivity contribution is 0.350. The van der Waals surface area contributed by atoms with Gasteiger partial charge in [0.25, 0.3) is 0 Å². The molecule has 1 aromatic carbocycles. The number of aliphatic hydroxyl groups is 1. The zero-order chi connectivity index (χ0) is 15.5. The van der Waals surface area contributed by atoms with Crippen LogP contribution in [0.15, 0.2) is 23.1 Å². The topological polar surface area (TPSA) is 57.6 Å². The van der Waals surface area contributed by atoms with Gasteiger partial charge >= 0.3 is 0 Å². The predicted octanol–water partition coefficient (Wildman–Crippen LogP) is 1.46. The molecule has 21 heavy (non-hydrogen) atoms. The van der Waals surface area contributed by atoms with E-state index in [4.69, 9.17) is 5.11 Å². The molecular formula is C15H19NO3S2. The predicted molar refractivity (Wildman–Crippen MR) is 85.8 cm³/mol. The number of aryl methyl sites for hydroxylation is 1. The molecule has 1 saturated heterocycles. The van der Waals surface area contributed by atoms with E-state index >= 15 is 0 Å². The van der Waals surface area contributed by atoms with Crippen molar-refractivity contribution in [3.05, 3.63) is 29.3 Å². The summed E-state index contributed by atoms with van der Waals surface area (Å²) in [5.41, 5.74) is 1.54.